The lowest BCUT2D eigenvalue weighted by molar-refractivity contribution is 0.625. The summed E-state index contributed by atoms with van der Waals surface area (Å²) in [6, 6.07) is 0.540. The molecule has 0 N–H and O–H groups in total. The van der Waals surface area contributed by atoms with Crippen molar-refractivity contribution >= 4 is 17.4 Å². The zero-order valence-electron chi connectivity index (χ0n) is 8.44. The molecule has 2 atom stereocenters. The first-order valence-electron chi connectivity index (χ1n) is 4.91. The van der Waals surface area contributed by atoms with Gasteiger partial charge in [0.1, 0.15) is 11.0 Å². The highest BCUT2D eigenvalue weighted by atomic mass is 35.5. The van der Waals surface area contributed by atoms with Crippen molar-refractivity contribution in [1.82, 2.24) is 9.97 Å². The van der Waals surface area contributed by atoms with Crippen LogP contribution in [0.3, 0.4) is 0 Å². The van der Waals surface area contributed by atoms with E-state index in [2.05, 4.69) is 28.7 Å². The summed E-state index contributed by atoms with van der Waals surface area (Å²) in [6.07, 6.45) is 4.56. The first-order valence-corrected chi connectivity index (χ1v) is 5.29. The Morgan fingerprint density at radius 1 is 1.43 bits per heavy atom. The van der Waals surface area contributed by atoms with Gasteiger partial charge in [0.05, 0.1) is 12.4 Å². The lowest BCUT2D eigenvalue weighted by Crippen LogP contribution is -2.27. The van der Waals surface area contributed by atoms with E-state index >= 15 is 0 Å². The predicted octanol–water partition coefficient (Wildman–Crippen LogP) is 2.36. The number of hydrogen-bond donors (Lipinski definition) is 0. The van der Waals surface area contributed by atoms with Crippen molar-refractivity contribution in [2.45, 2.75) is 26.3 Å². The monoisotopic (exact) mass is 211 g/mol. The van der Waals surface area contributed by atoms with Crippen molar-refractivity contribution in [3.8, 4) is 0 Å². The summed E-state index contributed by atoms with van der Waals surface area (Å²) < 4.78 is 0. The highest BCUT2D eigenvalue weighted by Gasteiger charge is 2.27. The van der Waals surface area contributed by atoms with E-state index in [-0.39, 0.29) is 0 Å². The molecule has 76 valence electrons. The molecule has 0 amide bonds. The van der Waals surface area contributed by atoms with Gasteiger partial charge in [0.25, 0.3) is 0 Å². The summed E-state index contributed by atoms with van der Waals surface area (Å²) >= 11 is 5.81. The summed E-state index contributed by atoms with van der Waals surface area (Å²) in [5.74, 6) is 1.63. The van der Waals surface area contributed by atoms with E-state index in [1.807, 2.05) is 0 Å². The van der Waals surface area contributed by atoms with Gasteiger partial charge in [-0.25, -0.2) is 4.98 Å². The molecule has 0 aromatic carbocycles. The number of halogens is 1. The molecule has 1 fully saturated rings. The Kier molecular flexibility index (Phi) is 2.59. The van der Waals surface area contributed by atoms with Crippen LogP contribution in [0.5, 0.6) is 0 Å². The van der Waals surface area contributed by atoms with E-state index in [0.717, 1.165) is 18.3 Å². The van der Waals surface area contributed by atoms with Gasteiger partial charge in [-0.2, -0.15) is 0 Å². The van der Waals surface area contributed by atoms with Crippen LogP contribution >= 0.6 is 11.6 Å². The number of aromatic nitrogens is 2. The standard InChI is InChI=1S/C10H14ClN3/c1-7-3-8(2)14(6-7)10-5-12-4-9(11)13-10/h4-5,7-8H,3,6H2,1-2H3. The second-order valence-electron chi connectivity index (χ2n) is 4.04. The minimum absolute atomic E-state index is 0.467. The van der Waals surface area contributed by atoms with Crippen molar-refractivity contribution < 1.29 is 0 Å². The number of anilines is 1. The average molecular weight is 212 g/mol. The van der Waals surface area contributed by atoms with Crippen LogP contribution in [-0.2, 0) is 0 Å². The quantitative estimate of drug-likeness (QED) is 0.714. The largest absolute Gasteiger partial charge is 0.352 e. The Bertz CT molecular complexity index is 329. The molecule has 1 aromatic heterocycles. The maximum atomic E-state index is 5.81. The molecule has 1 saturated heterocycles. The van der Waals surface area contributed by atoms with Gasteiger partial charge in [0, 0.05) is 12.6 Å². The van der Waals surface area contributed by atoms with E-state index < -0.39 is 0 Å². The third-order valence-electron chi connectivity index (χ3n) is 2.67. The lowest BCUT2D eigenvalue weighted by atomic mass is 10.1. The summed E-state index contributed by atoms with van der Waals surface area (Å²) in [5.41, 5.74) is 0. The molecule has 2 heterocycles. The second kappa shape index (κ2) is 3.73. The van der Waals surface area contributed by atoms with Crippen molar-refractivity contribution in [2.24, 2.45) is 5.92 Å². The average Bonchev–Trinajstić information content (AvgIpc) is 2.45. The highest BCUT2D eigenvalue weighted by molar-refractivity contribution is 6.29. The summed E-state index contributed by atoms with van der Waals surface area (Å²) in [5, 5.41) is 0.467. The Balaban J connectivity index is 2.23. The maximum Gasteiger partial charge on any atom is 0.149 e. The SMILES string of the molecule is CC1CC(C)N(c2cncc(Cl)n2)C1. The smallest absolute Gasteiger partial charge is 0.149 e. The number of nitrogens with zero attached hydrogens (tertiary/aromatic N) is 3. The molecule has 14 heavy (non-hydrogen) atoms. The van der Waals surface area contributed by atoms with E-state index in [4.69, 9.17) is 11.6 Å². The summed E-state index contributed by atoms with van der Waals surface area (Å²) in [4.78, 5) is 10.6. The van der Waals surface area contributed by atoms with Crippen LogP contribution in [-0.4, -0.2) is 22.6 Å². The molecule has 0 saturated carbocycles. The summed E-state index contributed by atoms with van der Waals surface area (Å²) in [6.45, 7) is 5.52. The fourth-order valence-corrected chi connectivity index (χ4v) is 2.23. The minimum Gasteiger partial charge on any atom is -0.352 e. The Morgan fingerprint density at radius 2 is 2.21 bits per heavy atom. The molecule has 0 aliphatic carbocycles. The molecule has 0 bridgehead atoms. The molecule has 1 aromatic rings. The topological polar surface area (TPSA) is 29.0 Å². The van der Waals surface area contributed by atoms with E-state index in [0.29, 0.717) is 11.2 Å². The number of hydrogen-bond acceptors (Lipinski definition) is 3. The van der Waals surface area contributed by atoms with E-state index in [1.54, 1.807) is 12.4 Å². The van der Waals surface area contributed by atoms with Crippen LogP contribution in [0, 0.1) is 5.92 Å². The van der Waals surface area contributed by atoms with Gasteiger partial charge in [-0.3, -0.25) is 4.98 Å². The van der Waals surface area contributed by atoms with Crippen LogP contribution in [0.1, 0.15) is 20.3 Å². The molecule has 0 radical (unpaired) electrons. The third-order valence-corrected chi connectivity index (χ3v) is 2.85. The molecule has 1 aliphatic heterocycles. The van der Waals surface area contributed by atoms with Gasteiger partial charge < -0.3 is 4.90 Å². The molecule has 0 spiro atoms. The van der Waals surface area contributed by atoms with Crippen molar-refractivity contribution in [2.75, 3.05) is 11.4 Å². The van der Waals surface area contributed by atoms with Crippen LogP contribution in [0.4, 0.5) is 5.82 Å². The van der Waals surface area contributed by atoms with Crippen molar-refractivity contribution in [3.63, 3.8) is 0 Å². The van der Waals surface area contributed by atoms with Gasteiger partial charge in [-0.1, -0.05) is 18.5 Å². The fraction of sp³-hybridized carbons (Fsp3) is 0.600. The lowest BCUT2D eigenvalue weighted by Gasteiger charge is -2.21. The second-order valence-corrected chi connectivity index (χ2v) is 4.43. The molecular formula is C10H14ClN3. The van der Waals surface area contributed by atoms with Gasteiger partial charge in [0.15, 0.2) is 0 Å². The Labute approximate surface area is 89.1 Å². The molecular weight excluding hydrogens is 198 g/mol. The zero-order valence-corrected chi connectivity index (χ0v) is 9.20. The molecule has 1 aliphatic rings. The molecule has 2 rings (SSSR count). The maximum absolute atomic E-state index is 5.81. The van der Waals surface area contributed by atoms with Gasteiger partial charge >= 0.3 is 0 Å². The highest BCUT2D eigenvalue weighted by Crippen LogP contribution is 2.27. The van der Waals surface area contributed by atoms with Crippen molar-refractivity contribution in [3.05, 3.63) is 17.5 Å². The number of rotatable bonds is 1. The summed E-state index contributed by atoms with van der Waals surface area (Å²) in [7, 11) is 0. The van der Waals surface area contributed by atoms with Gasteiger partial charge in [0.2, 0.25) is 0 Å². The first kappa shape index (κ1) is 9.71. The molecule has 2 unspecified atom stereocenters. The van der Waals surface area contributed by atoms with Gasteiger partial charge in [-0.15, -0.1) is 0 Å². The Hall–Kier alpha value is -0.830. The third kappa shape index (κ3) is 1.82. The van der Waals surface area contributed by atoms with Gasteiger partial charge in [-0.05, 0) is 19.3 Å². The zero-order chi connectivity index (χ0) is 10.1. The van der Waals surface area contributed by atoms with Crippen LogP contribution in [0.15, 0.2) is 12.4 Å². The normalized spacial score (nSPS) is 26.9. The van der Waals surface area contributed by atoms with Crippen LogP contribution in [0.2, 0.25) is 5.15 Å². The Morgan fingerprint density at radius 3 is 2.79 bits per heavy atom. The van der Waals surface area contributed by atoms with Crippen molar-refractivity contribution in [1.29, 1.82) is 0 Å². The fourth-order valence-electron chi connectivity index (χ4n) is 2.09. The molecule has 3 nitrogen and oxygen atoms in total. The van der Waals surface area contributed by atoms with Crippen LogP contribution < -0.4 is 4.90 Å². The minimum atomic E-state index is 0.467. The van der Waals surface area contributed by atoms with Crippen LogP contribution in [0.25, 0.3) is 0 Å². The molecule has 4 heteroatoms. The first-order chi connectivity index (χ1) is 6.66. The predicted molar refractivity (Wildman–Crippen MR) is 57.6 cm³/mol. The van der Waals surface area contributed by atoms with E-state index in [9.17, 15) is 0 Å². The van der Waals surface area contributed by atoms with E-state index in [1.165, 1.54) is 6.42 Å².